The highest BCUT2D eigenvalue weighted by Crippen LogP contribution is 2.27. The first kappa shape index (κ1) is 11.4. The van der Waals surface area contributed by atoms with E-state index in [9.17, 15) is 0 Å². The Labute approximate surface area is 113 Å². The van der Waals surface area contributed by atoms with Crippen molar-refractivity contribution in [3.63, 3.8) is 0 Å². The van der Waals surface area contributed by atoms with Gasteiger partial charge in [-0.2, -0.15) is 0 Å². The van der Waals surface area contributed by atoms with Crippen LogP contribution in [0.25, 0.3) is 17.0 Å². The van der Waals surface area contributed by atoms with Crippen LogP contribution in [0.1, 0.15) is 5.56 Å². The summed E-state index contributed by atoms with van der Waals surface area (Å²) in [6.07, 6.45) is 5.13. The van der Waals surface area contributed by atoms with E-state index in [4.69, 9.17) is 23.2 Å². The number of pyridine rings is 1. The molecule has 3 aromatic rings. The van der Waals surface area contributed by atoms with Gasteiger partial charge in [-0.3, -0.25) is 4.40 Å². The van der Waals surface area contributed by atoms with E-state index in [2.05, 4.69) is 15.0 Å². The average Bonchev–Trinajstić information content (AvgIpc) is 2.77. The molecular weight excluding hydrogens is 271 g/mol. The maximum absolute atomic E-state index is 6.10. The third-order valence-electron chi connectivity index (χ3n) is 2.69. The molecule has 0 aliphatic rings. The molecule has 3 rings (SSSR count). The molecule has 0 aliphatic heterocycles. The zero-order chi connectivity index (χ0) is 12.7. The lowest BCUT2D eigenvalue weighted by atomic mass is 10.3. The predicted molar refractivity (Wildman–Crippen MR) is 71.0 cm³/mol. The second kappa shape index (κ2) is 4.23. The van der Waals surface area contributed by atoms with E-state index in [1.807, 2.05) is 29.7 Å². The second-order valence-electron chi connectivity index (χ2n) is 3.86. The van der Waals surface area contributed by atoms with Gasteiger partial charge in [0.25, 0.3) is 0 Å². The molecule has 6 heteroatoms. The van der Waals surface area contributed by atoms with Crippen molar-refractivity contribution in [2.24, 2.45) is 0 Å². The van der Waals surface area contributed by atoms with Crippen molar-refractivity contribution in [1.82, 2.24) is 19.4 Å². The first-order chi connectivity index (χ1) is 8.66. The molecule has 0 saturated carbocycles. The smallest absolute Gasteiger partial charge is 0.223 e. The van der Waals surface area contributed by atoms with Crippen LogP contribution in [0.3, 0.4) is 0 Å². The summed E-state index contributed by atoms with van der Waals surface area (Å²) in [6.45, 7) is 2.00. The largest absolute Gasteiger partial charge is 0.298 e. The van der Waals surface area contributed by atoms with Crippen molar-refractivity contribution in [1.29, 1.82) is 0 Å². The van der Waals surface area contributed by atoms with Crippen LogP contribution in [0, 0.1) is 6.92 Å². The molecule has 0 amide bonds. The van der Waals surface area contributed by atoms with Gasteiger partial charge in [0.15, 0.2) is 0 Å². The summed E-state index contributed by atoms with van der Waals surface area (Å²) in [4.78, 5) is 12.4. The summed E-state index contributed by atoms with van der Waals surface area (Å²) in [5.41, 5.74) is 3.33. The molecule has 0 radical (unpaired) electrons. The molecule has 0 bridgehead atoms. The number of hydrogen-bond acceptors (Lipinski definition) is 3. The SMILES string of the molecule is Cc1cccn2c(-c3nc(Cl)ncc3Cl)cnc12. The number of aryl methyl sites for hydroxylation is 1. The average molecular weight is 279 g/mol. The Morgan fingerprint density at radius 2 is 2.00 bits per heavy atom. The molecule has 3 aromatic heterocycles. The van der Waals surface area contributed by atoms with Crippen molar-refractivity contribution < 1.29 is 0 Å². The standard InChI is InChI=1S/C12H8Cl2N4/c1-7-3-2-4-18-9(6-15-11(7)18)10-8(13)5-16-12(14)17-10/h2-6H,1H3. The van der Waals surface area contributed by atoms with E-state index in [0.29, 0.717) is 10.7 Å². The van der Waals surface area contributed by atoms with Gasteiger partial charge in [-0.15, -0.1) is 0 Å². The van der Waals surface area contributed by atoms with E-state index in [-0.39, 0.29) is 5.28 Å². The van der Waals surface area contributed by atoms with Crippen molar-refractivity contribution >= 4 is 28.8 Å². The summed E-state index contributed by atoms with van der Waals surface area (Å²) < 4.78 is 1.93. The van der Waals surface area contributed by atoms with E-state index >= 15 is 0 Å². The minimum atomic E-state index is 0.164. The molecule has 3 heterocycles. The number of hydrogen-bond donors (Lipinski definition) is 0. The van der Waals surface area contributed by atoms with E-state index < -0.39 is 0 Å². The number of aromatic nitrogens is 4. The normalized spacial score (nSPS) is 11.1. The Kier molecular flexibility index (Phi) is 2.69. The molecule has 90 valence electrons. The van der Waals surface area contributed by atoms with E-state index in [1.165, 1.54) is 6.20 Å². The molecular formula is C12H8Cl2N4. The Balaban J connectivity index is 2.32. The lowest BCUT2D eigenvalue weighted by molar-refractivity contribution is 1.12. The van der Waals surface area contributed by atoms with Gasteiger partial charge in [0, 0.05) is 6.20 Å². The van der Waals surface area contributed by atoms with Crippen LogP contribution >= 0.6 is 23.2 Å². The fourth-order valence-electron chi connectivity index (χ4n) is 1.85. The quantitative estimate of drug-likeness (QED) is 0.641. The summed E-state index contributed by atoms with van der Waals surface area (Å²) >= 11 is 11.9. The van der Waals surface area contributed by atoms with Crippen molar-refractivity contribution in [3.8, 4) is 11.4 Å². The van der Waals surface area contributed by atoms with Crippen LogP contribution in [0.2, 0.25) is 10.3 Å². The van der Waals surface area contributed by atoms with Gasteiger partial charge in [-0.05, 0) is 30.2 Å². The summed E-state index contributed by atoms with van der Waals surface area (Å²) in [5, 5.41) is 0.611. The Hall–Kier alpha value is -1.65. The minimum Gasteiger partial charge on any atom is -0.298 e. The van der Waals surface area contributed by atoms with E-state index in [1.54, 1.807) is 6.20 Å². The number of halogens is 2. The first-order valence-corrected chi connectivity index (χ1v) is 6.03. The maximum atomic E-state index is 6.10. The van der Waals surface area contributed by atoms with Crippen LogP contribution in [0.4, 0.5) is 0 Å². The molecule has 0 aliphatic carbocycles. The number of nitrogens with zero attached hydrogens (tertiary/aromatic N) is 4. The third kappa shape index (κ3) is 1.74. The van der Waals surface area contributed by atoms with Crippen LogP contribution in [-0.4, -0.2) is 19.4 Å². The van der Waals surface area contributed by atoms with Gasteiger partial charge in [-0.1, -0.05) is 17.7 Å². The lowest BCUT2D eigenvalue weighted by Gasteiger charge is -2.04. The first-order valence-electron chi connectivity index (χ1n) is 5.28. The van der Waals surface area contributed by atoms with Crippen molar-refractivity contribution in [3.05, 3.63) is 46.6 Å². The molecule has 0 N–H and O–H groups in total. The summed E-state index contributed by atoms with van der Waals surface area (Å²) in [7, 11) is 0. The zero-order valence-corrected chi connectivity index (χ0v) is 10.9. The lowest BCUT2D eigenvalue weighted by Crippen LogP contribution is -1.94. The highest BCUT2D eigenvalue weighted by atomic mass is 35.5. The monoisotopic (exact) mass is 278 g/mol. The van der Waals surface area contributed by atoms with Gasteiger partial charge in [0.2, 0.25) is 5.28 Å². The van der Waals surface area contributed by atoms with E-state index in [0.717, 1.165) is 16.9 Å². The molecule has 4 nitrogen and oxygen atoms in total. The topological polar surface area (TPSA) is 43.1 Å². The highest BCUT2D eigenvalue weighted by molar-refractivity contribution is 6.33. The third-order valence-corrected chi connectivity index (χ3v) is 3.15. The molecule has 0 fully saturated rings. The molecule has 0 aromatic carbocycles. The number of rotatable bonds is 1. The van der Waals surface area contributed by atoms with Crippen molar-refractivity contribution in [2.75, 3.05) is 0 Å². The maximum Gasteiger partial charge on any atom is 0.223 e. The Morgan fingerprint density at radius 3 is 2.83 bits per heavy atom. The fraction of sp³-hybridized carbons (Fsp3) is 0.0833. The Bertz CT molecular complexity index is 736. The minimum absolute atomic E-state index is 0.164. The second-order valence-corrected chi connectivity index (χ2v) is 4.61. The van der Waals surface area contributed by atoms with Gasteiger partial charge < -0.3 is 0 Å². The summed E-state index contributed by atoms with van der Waals surface area (Å²) in [5.74, 6) is 0. The van der Waals surface area contributed by atoms with Gasteiger partial charge in [-0.25, -0.2) is 15.0 Å². The highest BCUT2D eigenvalue weighted by Gasteiger charge is 2.12. The molecule has 18 heavy (non-hydrogen) atoms. The van der Waals surface area contributed by atoms with Crippen LogP contribution in [-0.2, 0) is 0 Å². The van der Waals surface area contributed by atoms with Crippen molar-refractivity contribution in [2.45, 2.75) is 6.92 Å². The fourth-order valence-corrected chi connectivity index (χ4v) is 2.17. The summed E-state index contributed by atoms with van der Waals surface area (Å²) in [6, 6.07) is 3.95. The van der Waals surface area contributed by atoms with Crippen LogP contribution in [0.15, 0.2) is 30.7 Å². The predicted octanol–water partition coefficient (Wildman–Crippen LogP) is 3.41. The zero-order valence-electron chi connectivity index (χ0n) is 9.43. The Morgan fingerprint density at radius 1 is 1.17 bits per heavy atom. The number of fused-ring (bicyclic) bond motifs is 1. The molecule has 0 atom stereocenters. The van der Waals surface area contributed by atoms with Crippen LogP contribution < -0.4 is 0 Å². The van der Waals surface area contributed by atoms with Gasteiger partial charge >= 0.3 is 0 Å². The molecule has 0 spiro atoms. The van der Waals surface area contributed by atoms with Gasteiger partial charge in [0.05, 0.1) is 23.1 Å². The molecule has 0 saturated heterocycles. The molecule has 0 unspecified atom stereocenters. The van der Waals surface area contributed by atoms with Gasteiger partial charge in [0.1, 0.15) is 11.3 Å². The van der Waals surface area contributed by atoms with Crippen LogP contribution in [0.5, 0.6) is 0 Å². The number of imidazole rings is 1.